The van der Waals surface area contributed by atoms with Crippen LogP contribution in [-0.2, 0) is 19.1 Å². The third kappa shape index (κ3) is 5.66. The molecular formula is C27H29N3O4S. The van der Waals surface area contributed by atoms with Crippen LogP contribution < -0.4 is 5.32 Å². The predicted molar refractivity (Wildman–Crippen MR) is 139 cm³/mol. The van der Waals surface area contributed by atoms with E-state index < -0.39 is 12.0 Å². The smallest absolute Gasteiger partial charge is 0.338 e. The van der Waals surface area contributed by atoms with Gasteiger partial charge in [0, 0.05) is 18.5 Å². The number of ether oxygens (including phenoxy) is 2. The van der Waals surface area contributed by atoms with Crippen molar-refractivity contribution in [3.05, 3.63) is 87.6 Å². The van der Waals surface area contributed by atoms with Crippen LogP contribution in [0.4, 0.5) is 5.69 Å². The standard InChI is InChI=1S/C27H29N3O4S/c1-17-12-18(2)14-21(13-17)29-23(31)15-22-16-35-27-28-19(3)24(26(32)34-11-10-33-4)25(30(22)27)20-8-6-5-7-9-20/h5-9,12-14,16,25H,10-11,15H2,1-4H3,(H,29,31)/t25-/m0/s1. The molecule has 1 atom stereocenters. The molecule has 0 spiro atoms. The van der Waals surface area contributed by atoms with Gasteiger partial charge in [-0.25, -0.2) is 9.79 Å². The van der Waals surface area contributed by atoms with Gasteiger partial charge in [-0.2, -0.15) is 0 Å². The summed E-state index contributed by atoms with van der Waals surface area (Å²) in [5.74, 6) is -0.572. The monoisotopic (exact) mass is 491 g/mol. The number of anilines is 1. The molecule has 0 aliphatic carbocycles. The molecule has 2 heterocycles. The summed E-state index contributed by atoms with van der Waals surface area (Å²) in [6, 6.07) is 15.3. The number of thioether (sulfide) groups is 1. The molecule has 0 radical (unpaired) electrons. The summed E-state index contributed by atoms with van der Waals surface area (Å²) in [6.07, 6.45) is 0.146. The van der Waals surface area contributed by atoms with Gasteiger partial charge in [0.25, 0.3) is 0 Å². The van der Waals surface area contributed by atoms with E-state index in [1.165, 1.54) is 11.8 Å². The molecule has 1 amide bonds. The third-order valence-corrected chi connectivity index (χ3v) is 6.59. The van der Waals surface area contributed by atoms with Crippen molar-refractivity contribution in [3.63, 3.8) is 0 Å². The van der Waals surface area contributed by atoms with E-state index in [9.17, 15) is 9.59 Å². The van der Waals surface area contributed by atoms with Crippen LogP contribution in [0.2, 0.25) is 0 Å². The largest absolute Gasteiger partial charge is 0.460 e. The highest BCUT2D eigenvalue weighted by molar-refractivity contribution is 8.16. The van der Waals surface area contributed by atoms with Crippen LogP contribution in [0.25, 0.3) is 0 Å². The molecule has 0 bridgehead atoms. The van der Waals surface area contributed by atoms with E-state index in [0.717, 1.165) is 33.2 Å². The molecule has 0 aromatic heterocycles. The van der Waals surface area contributed by atoms with Crippen molar-refractivity contribution in [3.8, 4) is 0 Å². The van der Waals surface area contributed by atoms with E-state index in [1.54, 1.807) is 7.11 Å². The number of hydrogen-bond acceptors (Lipinski definition) is 7. The lowest BCUT2D eigenvalue weighted by Crippen LogP contribution is -2.37. The molecule has 8 heteroatoms. The van der Waals surface area contributed by atoms with Crippen molar-refractivity contribution in [2.75, 3.05) is 25.6 Å². The van der Waals surface area contributed by atoms with Crippen molar-refractivity contribution in [1.82, 2.24) is 4.90 Å². The minimum atomic E-state index is -0.450. The van der Waals surface area contributed by atoms with Gasteiger partial charge in [-0.15, -0.1) is 0 Å². The molecule has 0 unspecified atom stereocenters. The second-order valence-electron chi connectivity index (χ2n) is 8.53. The maximum Gasteiger partial charge on any atom is 0.338 e. The van der Waals surface area contributed by atoms with Gasteiger partial charge in [0.2, 0.25) is 5.91 Å². The molecule has 35 heavy (non-hydrogen) atoms. The predicted octanol–water partition coefficient (Wildman–Crippen LogP) is 5.10. The molecule has 182 valence electrons. The number of amides is 1. The van der Waals surface area contributed by atoms with E-state index in [-0.39, 0.29) is 18.9 Å². The molecule has 2 aromatic carbocycles. The number of carbonyl (C=O) groups is 2. The number of nitrogens with one attached hydrogen (secondary N) is 1. The van der Waals surface area contributed by atoms with Crippen LogP contribution in [0.5, 0.6) is 0 Å². The summed E-state index contributed by atoms with van der Waals surface area (Å²) in [4.78, 5) is 32.8. The fraction of sp³-hybridized carbons (Fsp3) is 0.296. The zero-order chi connectivity index (χ0) is 24.9. The Bertz CT molecular complexity index is 1200. The van der Waals surface area contributed by atoms with Crippen molar-refractivity contribution in [2.24, 2.45) is 4.99 Å². The lowest BCUT2D eigenvalue weighted by Gasteiger charge is -2.36. The Hall–Kier alpha value is -3.36. The molecule has 0 saturated carbocycles. The normalized spacial score (nSPS) is 17.0. The lowest BCUT2D eigenvalue weighted by atomic mass is 9.94. The van der Waals surface area contributed by atoms with Gasteiger partial charge in [-0.05, 0) is 55.0 Å². The molecule has 0 saturated heterocycles. The zero-order valence-corrected chi connectivity index (χ0v) is 21.1. The quantitative estimate of drug-likeness (QED) is 0.409. The van der Waals surface area contributed by atoms with E-state index in [2.05, 4.69) is 16.4 Å². The first-order chi connectivity index (χ1) is 16.9. The van der Waals surface area contributed by atoms with E-state index in [4.69, 9.17) is 9.47 Å². The van der Waals surface area contributed by atoms with Crippen LogP contribution in [0.15, 0.2) is 75.9 Å². The summed E-state index contributed by atoms with van der Waals surface area (Å²) < 4.78 is 10.5. The molecule has 2 aliphatic heterocycles. The molecule has 2 aliphatic rings. The van der Waals surface area contributed by atoms with Crippen LogP contribution in [0.3, 0.4) is 0 Å². The molecule has 4 rings (SSSR count). The highest BCUT2D eigenvalue weighted by Gasteiger charge is 2.41. The number of aryl methyl sites for hydroxylation is 2. The Morgan fingerprint density at radius 1 is 1.06 bits per heavy atom. The maximum atomic E-state index is 13.2. The third-order valence-electron chi connectivity index (χ3n) is 5.70. The first kappa shape index (κ1) is 24.8. The number of allylic oxidation sites excluding steroid dienone is 1. The van der Waals surface area contributed by atoms with Crippen molar-refractivity contribution < 1.29 is 19.1 Å². The molecule has 1 N–H and O–H groups in total. The van der Waals surface area contributed by atoms with Gasteiger partial charge in [-0.3, -0.25) is 4.79 Å². The van der Waals surface area contributed by atoms with Gasteiger partial charge in [0.1, 0.15) is 6.61 Å². The van der Waals surface area contributed by atoms with Crippen molar-refractivity contribution in [2.45, 2.75) is 33.2 Å². The molecular weight excluding hydrogens is 462 g/mol. The second kappa shape index (κ2) is 10.9. The highest BCUT2D eigenvalue weighted by atomic mass is 32.2. The summed E-state index contributed by atoms with van der Waals surface area (Å²) in [5.41, 5.74) is 5.70. The maximum absolute atomic E-state index is 13.2. The van der Waals surface area contributed by atoms with E-state index in [1.807, 2.05) is 73.5 Å². The fourth-order valence-electron chi connectivity index (χ4n) is 4.29. The van der Waals surface area contributed by atoms with Crippen molar-refractivity contribution in [1.29, 1.82) is 0 Å². The van der Waals surface area contributed by atoms with Crippen molar-refractivity contribution >= 4 is 34.5 Å². The Labute approximate surface area is 209 Å². The molecule has 7 nitrogen and oxygen atoms in total. The number of rotatable bonds is 8. The van der Waals surface area contributed by atoms with Gasteiger partial charge < -0.3 is 19.7 Å². The summed E-state index contributed by atoms with van der Waals surface area (Å²) in [6.45, 7) is 6.29. The van der Waals surface area contributed by atoms with Gasteiger partial charge in [0.15, 0.2) is 5.17 Å². The SMILES string of the molecule is COCCOC(=O)C1=C(C)N=C2SC=C(CC(=O)Nc3cc(C)cc(C)c3)N2[C@H]1c1ccccc1. The second-order valence-corrected chi connectivity index (χ2v) is 9.37. The van der Waals surface area contributed by atoms with E-state index >= 15 is 0 Å². The number of amidine groups is 1. The molecule has 2 aromatic rings. The average Bonchev–Trinajstić information content (AvgIpc) is 3.19. The highest BCUT2D eigenvalue weighted by Crippen LogP contribution is 2.44. The lowest BCUT2D eigenvalue weighted by molar-refractivity contribution is -0.141. The fourth-order valence-corrected chi connectivity index (χ4v) is 5.26. The number of methoxy groups -OCH3 is 1. The number of esters is 1. The number of hydrogen-bond donors (Lipinski definition) is 1. The van der Waals surface area contributed by atoms with Gasteiger partial charge >= 0.3 is 5.97 Å². The van der Waals surface area contributed by atoms with Crippen LogP contribution >= 0.6 is 11.8 Å². The minimum Gasteiger partial charge on any atom is -0.460 e. The Morgan fingerprint density at radius 3 is 2.46 bits per heavy atom. The van der Waals surface area contributed by atoms with E-state index in [0.29, 0.717) is 17.9 Å². The Morgan fingerprint density at radius 2 is 1.77 bits per heavy atom. The number of aliphatic imine (C=N–C) groups is 1. The number of fused-ring (bicyclic) bond motifs is 1. The average molecular weight is 492 g/mol. The summed E-state index contributed by atoms with van der Waals surface area (Å²) in [5, 5.41) is 5.67. The first-order valence-electron chi connectivity index (χ1n) is 11.4. The number of nitrogens with zero attached hydrogens (tertiary/aromatic N) is 2. The van der Waals surface area contributed by atoms with Gasteiger partial charge in [-0.1, -0.05) is 48.2 Å². The molecule has 0 fully saturated rings. The summed E-state index contributed by atoms with van der Waals surface area (Å²) in [7, 11) is 1.56. The number of benzene rings is 2. The number of carbonyl (C=O) groups excluding carboxylic acids is 2. The first-order valence-corrected chi connectivity index (χ1v) is 12.3. The summed E-state index contributed by atoms with van der Waals surface area (Å²) >= 11 is 1.45. The minimum absolute atomic E-state index is 0.134. The Kier molecular flexibility index (Phi) is 7.73. The topological polar surface area (TPSA) is 80.2 Å². The van der Waals surface area contributed by atoms with Gasteiger partial charge in [0.05, 0.1) is 30.3 Å². The van der Waals surface area contributed by atoms with Crippen LogP contribution in [-0.4, -0.2) is 42.3 Å². The zero-order valence-electron chi connectivity index (χ0n) is 20.3. The van der Waals surface area contributed by atoms with Crippen LogP contribution in [0, 0.1) is 13.8 Å². The van der Waals surface area contributed by atoms with Crippen LogP contribution in [0.1, 0.15) is 36.1 Å². The Balaban J connectivity index is 1.61.